The molecule has 10 nitrogen and oxygen atoms in total. The van der Waals surface area contributed by atoms with E-state index < -0.39 is 10.8 Å². The Morgan fingerprint density at radius 3 is 2.63 bits per heavy atom. The minimum atomic E-state index is -0.597. The number of hydrogen-bond acceptors (Lipinski definition) is 7. The van der Waals surface area contributed by atoms with Crippen LogP contribution < -0.4 is 10.6 Å². The van der Waals surface area contributed by atoms with Crippen molar-refractivity contribution in [3.8, 4) is 11.3 Å². The molecule has 0 aliphatic carbocycles. The number of nitro benzene ring substituents is 1. The number of fused-ring (bicyclic) bond motifs is 1. The lowest BCUT2D eigenvalue weighted by molar-refractivity contribution is -0.384. The second-order valence-corrected chi connectivity index (χ2v) is 6.31. The van der Waals surface area contributed by atoms with Crippen LogP contribution in [0.5, 0.6) is 0 Å². The van der Waals surface area contributed by atoms with Crippen molar-refractivity contribution in [2.75, 3.05) is 10.6 Å². The summed E-state index contributed by atoms with van der Waals surface area (Å²) in [6.07, 6.45) is 0. The third-order valence-electron chi connectivity index (χ3n) is 4.10. The highest BCUT2D eigenvalue weighted by Gasteiger charge is 2.17. The summed E-state index contributed by atoms with van der Waals surface area (Å²) in [5.41, 5.74) is 1.80. The van der Waals surface area contributed by atoms with Gasteiger partial charge < -0.3 is 14.2 Å². The average Bonchev–Trinajstić information content (AvgIpc) is 3.34. The summed E-state index contributed by atoms with van der Waals surface area (Å²) < 4.78 is 11.0. The summed E-state index contributed by atoms with van der Waals surface area (Å²) in [7, 11) is 0. The molecule has 2 amide bonds. The van der Waals surface area contributed by atoms with Gasteiger partial charge in [-0.05, 0) is 24.3 Å². The number of furan rings is 1. The van der Waals surface area contributed by atoms with E-state index in [1.54, 1.807) is 30.3 Å². The van der Waals surface area contributed by atoms with Crippen LogP contribution in [0.2, 0.25) is 0 Å². The maximum atomic E-state index is 12.5. The third kappa shape index (κ3) is 3.87. The molecule has 0 atom stereocenters. The zero-order valence-corrected chi connectivity index (χ0v) is 15.5. The molecular weight excluding hydrogens is 392 g/mol. The molecule has 4 rings (SSSR count). The fourth-order valence-corrected chi connectivity index (χ4v) is 2.81. The van der Waals surface area contributed by atoms with Crippen LogP contribution >= 0.6 is 0 Å². The van der Waals surface area contributed by atoms with Crippen LogP contribution in [0.15, 0.2) is 63.4 Å². The standard InChI is InChI=1S/C20H14N4O6/c1-11(25)21-13-5-6-15-18(10-13)30-20(22-15)23-19(26)17-8-7-16(29-17)12-3-2-4-14(9-12)24(27)28/h2-10H,1H3,(H,21,25)(H,22,23,26). The second-order valence-electron chi connectivity index (χ2n) is 6.31. The number of carbonyl (C=O) groups excluding carboxylic acids is 2. The van der Waals surface area contributed by atoms with Crippen LogP contribution in [0, 0.1) is 10.1 Å². The Kier molecular flexibility index (Phi) is 4.72. The molecule has 30 heavy (non-hydrogen) atoms. The van der Waals surface area contributed by atoms with Gasteiger partial charge in [0.1, 0.15) is 11.3 Å². The molecule has 0 spiro atoms. The van der Waals surface area contributed by atoms with Gasteiger partial charge in [-0.2, -0.15) is 4.98 Å². The second kappa shape index (κ2) is 7.51. The first-order valence-corrected chi connectivity index (χ1v) is 8.73. The van der Waals surface area contributed by atoms with E-state index in [1.807, 2.05) is 0 Å². The van der Waals surface area contributed by atoms with Crippen LogP contribution in [0.4, 0.5) is 17.4 Å². The van der Waals surface area contributed by atoms with E-state index in [1.165, 1.54) is 31.2 Å². The minimum Gasteiger partial charge on any atom is -0.451 e. The van der Waals surface area contributed by atoms with Gasteiger partial charge in [-0.25, -0.2) is 0 Å². The largest absolute Gasteiger partial charge is 0.451 e. The van der Waals surface area contributed by atoms with Gasteiger partial charge in [0, 0.05) is 36.4 Å². The van der Waals surface area contributed by atoms with Crippen LogP contribution in [-0.4, -0.2) is 21.7 Å². The predicted octanol–water partition coefficient (Wildman–Crippen LogP) is 4.21. The number of aromatic nitrogens is 1. The van der Waals surface area contributed by atoms with E-state index >= 15 is 0 Å². The zero-order valence-electron chi connectivity index (χ0n) is 15.5. The summed E-state index contributed by atoms with van der Waals surface area (Å²) in [4.78, 5) is 38.2. The predicted molar refractivity (Wildman–Crippen MR) is 107 cm³/mol. The van der Waals surface area contributed by atoms with Gasteiger partial charge in [0.25, 0.3) is 11.6 Å². The molecule has 2 heterocycles. The molecule has 0 fully saturated rings. The molecule has 0 bridgehead atoms. The van der Waals surface area contributed by atoms with E-state index in [9.17, 15) is 19.7 Å². The lowest BCUT2D eigenvalue weighted by atomic mass is 10.1. The Morgan fingerprint density at radius 1 is 1.03 bits per heavy atom. The van der Waals surface area contributed by atoms with Gasteiger partial charge in [0.15, 0.2) is 11.3 Å². The molecule has 2 aromatic carbocycles. The van der Waals surface area contributed by atoms with Crippen molar-refractivity contribution in [2.24, 2.45) is 0 Å². The fourth-order valence-electron chi connectivity index (χ4n) is 2.81. The van der Waals surface area contributed by atoms with Gasteiger partial charge in [-0.3, -0.25) is 25.0 Å². The van der Waals surface area contributed by atoms with E-state index in [0.717, 1.165) is 0 Å². The van der Waals surface area contributed by atoms with E-state index in [-0.39, 0.29) is 23.4 Å². The van der Waals surface area contributed by atoms with Crippen molar-refractivity contribution < 1.29 is 23.3 Å². The number of rotatable bonds is 5. The number of anilines is 2. The summed E-state index contributed by atoms with van der Waals surface area (Å²) >= 11 is 0. The summed E-state index contributed by atoms with van der Waals surface area (Å²) in [6, 6.07) is 13.7. The highest BCUT2D eigenvalue weighted by Crippen LogP contribution is 2.27. The number of benzene rings is 2. The molecular formula is C20H14N4O6. The SMILES string of the molecule is CC(=O)Nc1ccc2nc(NC(=O)c3ccc(-c4cccc([N+](=O)[O-])c4)o3)oc2c1. The first-order valence-electron chi connectivity index (χ1n) is 8.73. The van der Waals surface area contributed by atoms with Gasteiger partial charge in [-0.15, -0.1) is 0 Å². The van der Waals surface area contributed by atoms with Crippen LogP contribution in [0.3, 0.4) is 0 Å². The molecule has 2 N–H and O–H groups in total. The molecule has 0 unspecified atom stereocenters. The third-order valence-corrected chi connectivity index (χ3v) is 4.10. The number of carbonyl (C=O) groups is 2. The summed E-state index contributed by atoms with van der Waals surface area (Å²) in [5.74, 6) is -0.529. The smallest absolute Gasteiger partial charge is 0.302 e. The van der Waals surface area contributed by atoms with Crippen molar-refractivity contribution in [3.05, 3.63) is 70.5 Å². The van der Waals surface area contributed by atoms with E-state index in [0.29, 0.717) is 28.1 Å². The normalized spacial score (nSPS) is 10.7. The van der Waals surface area contributed by atoms with Crippen LogP contribution in [0.25, 0.3) is 22.4 Å². The van der Waals surface area contributed by atoms with Crippen LogP contribution in [-0.2, 0) is 4.79 Å². The van der Waals surface area contributed by atoms with E-state index in [4.69, 9.17) is 8.83 Å². The zero-order chi connectivity index (χ0) is 21.3. The highest BCUT2D eigenvalue weighted by atomic mass is 16.6. The number of oxazole rings is 1. The molecule has 0 radical (unpaired) electrons. The Morgan fingerprint density at radius 2 is 1.87 bits per heavy atom. The lowest BCUT2D eigenvalue weighted by Crippen LogP contribution is -2.10. The molecule has 0 aliphatic heterocycles. The first kappa shape index (κ1) is 18.9. The molecule has 4 aromatic rings. The number of nitrogens with zero attached hydrogens (tertiary/aromatic N) is 2. The fraction of sp³-hybridized carbons (Fsp3) is 0.0500. The van der Waals surface area contributed by atoms with Gasteiger partial charge in [0.05, 0.1) is 4.92 Å². The topological polar surface area (TPSA) is 141 Å². The van der Waals surface area contributed by atoms with Crippen LogP contribution in [0.1, 0.15) is 17.5 Å². The Labute approximate surface area is 168 Å². The van der Waals surface area contributed by atoms with Crippen molar-refractivity contribution >= 4 is 40.3 Å². The van der Waals surface area contributed by atoms with E-state index in [2.05, 4.69) is 15.6 Å². The number of non-ortho nitro benzene ring substituents is 1. The first-order chi connectivity index (χ1) is 14.4. The van der Waals surface area contributed by atoms with Gasteiger partial charge in [-0.1, -0.05) is 12.1 Å². The number of nitro groups is 1. The van der Waals surface area contributed by atoms with Gasteiger partial charge in [0.2, 0.25) is 5.91 Å². The Bertz CT molecular complexity index is 1290. The molecule has 0 saturated carbocycles. The summed E-state index contributed by atoms with van der Waals surface area (Å²) in [5, 5.41) is 16.0. The van der Waals surface area contributed by atoms with Crippen molar-refractivity contribution in [1.82, 2.24) is 4.98 Å². The lowest BCUT2D eigenvalue weighted by Gasteiger charge is -1.99. The minimum absolute atomic E-state index is 0.0160. The van der Waals surface area contributed by atoms with Crippen molar-refractivity contribution in [1.29, 1.82) is 0 Å². The molecule has 0 aliphatic rings. The molecule has 2 aromatic heterocycles. The average molecular weight is 406 g/mol. The maximum absolute atomic E-state index is 12.5. The number of nitrogens with one attached hydrogen (secondary N) is 2. The Hall–Kier alpha value is -4.47. The number of hydrogen-bond donors (Lipinski definition) is 2. The maximum Gasteiger partial charge on any atom is 0.302 e. The van der Waals surface area contributed by atoms with Gasteiger partial charge >= 0.3 is 6.01 Å². The molecule has 150 valence electrons. The quantitative estimate of drug-likeness (QED) is 0.374. The van der Waals surface area contributed by atoms with Crippen molar-refractivity contribution in [3.63, 3.8) is 0 Å². The molecule has 10 heteroatoms. The monoisotopic (exact) mass is 406 g/mol. The summed E-state index contributed by atoms with van der Waals surface area (Å²) in [6.45, 7) is 1.39. The Balaban J connectivity index is 1.52. The number of amides is 2. The van der Waals surface area contributed by atoms with Crippen molar-refractivity contribution in [2.45, 2.75) is 6.92 Å². The highest BCUT2D eigenvalue weighted by molar-refractivity contribution is 6.02. The molecule has 0 saturated heterocycles.